The maximum absolute atomic E-state index is 13.8. The Morgan fingerprint density at radius 3 is 2.72 bits per heavy atom. The molecular formula is C19H17BrFN3O. The molecule has 0 radical (unpaired) electrons. The number of anilines is 1. The van der Waals surface area contributed by atoms with Crippen LogP contribution in [0.15, 0.2) is 71.3 Å². The third kappa shape index (κ3) is 4.70. The van der Waals surface area contributed by atoms with Gasteiger partial charge in [0.25, 0.3) is 0 Å². The smallest absolute Gasteiger partial charge is 0.319 e. The Kier molecular flexibility index (Phi) is 5.50. The molecule has 6 heteroatoms. The van der Waals surface area contributed by atoms with E-state index in [1.807, 2.05) is 53.2 Å². The highest BCUT2D eigenvalue weighted by Crippen LogP contribution is 2.15. The molecule has 0 aliphatic rings. The maximum Gasteiger partial charge on any atom is 0.319 e. The number of nitrogens with one attached hydrogen (secondary N) is 2. The average molecular weight is 402 g/mol. The molecule has 0 atom stereocenters. The third-order valence-corrected chi connectivity index (χ3v) is 4.23. The van der Waals surface area contributed by atoms with Crippen LogP contribution in [0.3, 0.4) is 0 Å². The van der Waals surface area contributed by atoms with Gasteiger partial charge in [-0.3, -0.25) is 0 Å². The van der Waals surface area contributed by atoms with E-state index >= 15 is 0 Å². The van der Waals surface area contributed by atoms with E-state index in [-0.39, 0.29) is 11.8 Å². The number of amides is 2. The van der Waals surface area contributed by atoms with Crippen molar-refractivity contribution in [3.05, 3.63) is 88.4 Å². The maximum atomic E-state index is 13.8. The summed E-state index contributed by atoms with van der Waals surface area (Å²) in [6, 6.07) is 17.5. The SMILES string of the molecule is O=C(NCc1cccn1Cc1ccccc1F)Nc1cccc(Br)c1. The summed E-state index contributed by atoms with van der Waals surface area (Å²) in [7, 11) is 0. The van der Waals surface area contributed by atoms with Gasteiger partial charge in [-0.1, -0.05) is 40.2 Å². The molecule has 25 heavy (non-hydrogen) atoms. The van der Waals surface area contributed by atoms with Crippen LogP contribution < -0.4 is 10.6 Å². The van der Waals surface area contributed by atoms with Gasteiger partial charge >= 0.3 is 6.03 Å². The van der Waals surface area contributed by atoms with Crippen molar-refractivity contribution >= 4 is 27.6 Å². The molecule has 0 bridgehead atoms. The first kappa shape index (κ1) is 17.2. The topological polar surface area (TPSA) is 46.1 Å². The van der Waals surface area contributed by atoms with Gasteiger partial charge in [0.05, 0.1) is 13.1 Å². The number of hydrogen-bond donors (Lipinski definition) is 2. The van der Waals surface area contributed by atoms with Crippen LogP contribution in [0.2, 0.25) is 0 Å². The molecule has 2 amide bonds. The minimum Gasteiger partial charge on any atom is -0.345 e. The molecule has 2 aromatic carbocycles. The number of benzene rings is 2. The van der Waals surface area contributed by atoms with Gasteiger partial charge in [-0.15, -0.1) is 0 Å². The fourth-order valence-corrected chi connectivity index (χ4v) is 2.89. The summed E-state index contributed by atoms with van der Waals surface area (Å²) in [5, 5.41) is 5.59. The van der Waals surface area contributed by atoms with Crippen LogP contribution in [0.5, 0.6) is 0 Å². The predicted octanol–water partition coefficient (Wildman–Crippen LogP) is 4.76. The second kappa shape index (κ2) is 7.98. The van der Waals surface area contributed by atoms with Crippen molar-refractivity contribution < 1.29 is 9.18 Å². The minimum atomic E-state index is -0.295. The van der Waals surface area contributed by atoms with E-state index in [1.165, 1.54) is 6.07 Å². The van der Waals surface area contributed by atoms with Crippen molar-refractivity contribution in [2.24, 2.45) is 0 Å². The summed E-state index contributed by atoms with van der Waals surface area (Å²) in [4.78, 5) is 12.0. The van der Waals surface area contributed by atoms with Crippen LogP contribution in [0.1, 0.15) is 11.3 Å². The highest BCUT2D eigenvalue weighted by Gasteiger charge is 2.07. The van der Waals surface area contributed by atoms with Gasteiger partial charge in [0.15, 0.2) is 0 Å². The van der Waals surface area contributed by atoms with Gasteiger partial charge in [-0.25, -0.2) is 9.18 Å². The van der Waals surface area contributed by atoms with Gasteiger partial charge in [0, 0.05) is 27.6 Å². The summed E-state index contributed by atoms with van der Waals surface area (Å²) >= 11 is 3.36. The molecule has 0 aliphatic heterocycles. The molecule has 1 aromatic heterocycles. The lowest BCUT2D eigenvalue weighted by atomic mass is 10.2. The number of hydrogen-bond acceptors (Lipinski definition) is 1. The first-order valence-electron chi connectivity index (χ1n) is 7.79. The van der Waals surface area contributed by atoms with Crippen molar-refractivity contribution in [2.75, 3.05) is 5.32 Å². The molecule has 4 nitrogen and oxygen atoms in total. The molecule has 0 unspecified atom stereocenters. The molecule has 1 heterocycles. The Morgan fingerprint density at radius 2 is 1.92 bits per heavy atom. The molecule has 3 aromatic rings. The van der Waals surface area contributed by atoms with Gasteiger partial charge in [-0.2, -0.15) is 0 Å². The van der Waals surface area contributed by atoms with E-state index in [2.05, 4.69) is 26.6 Å². The first-order chi connectivity index (χ1) is 12.1. The second-order valence-corrected chi connectivity index (χ2v) is 6.45. The fraction of sp³-hybridized carbons (Fsp3) is 0.105. The van der Waals surface area contributed by atoms with Gasteiger partial charge in [0.1, 0.15) is 5.82 Å². The summed E-state index contributed by atoms with van der Waals surface area (Å²) in [6.45, 7) is 0.769. The van der Waals surface area contributed by atoms with Crippen molar-refractivity contribution in [1.29, 1.82) is 0 Å². The van der Waals surface area contributed by atoms with Gasteiger partial charge < -0.3 is 15.2 Å². The van der Waals surface area contributed by atoms with E-state index in [9.17, 15) is 9.18 Å². The van der Waals surface area contributed by atoms with Crippen LogP contribution in [-0.2, 0) is 13.1 Å². The monoisotopic (exact) mass is 401 g/mol. The van der Waals surface area contributed by atoms with E-state index in [1.54, 1.807) is 12.1 Å². The van der Waals surface area contributed by atoms with Crippen molar-refractivity contribution in [1.82, 2.24) is 9.88 Å². The number of urea groups is 1. The summed E-state index contributed by atoms with van der Waals surface area (Å²) in [6.07, 6.45) is 1.87. The molecule has 0 spiro atoms. The molecular weight excluding hydrogens is 385 g/mol. The summed E-state index contributed by atoms with van der Waals surface area (Å²) in [5.41, 5.74) is 2.21. The lowest BCUT2D eigenvalue weighted by Crippen LogP contribution is -2.29. The predicted molar refractivity (Wildman–Crippen MR) is 99.9 cm³/mol. The molecule has 128 valence electrons. The van der Waals surface area contributed by atoms with Gasteiger partial charge in [-0.05, 0) is 36.4 Å². The van der Waals surface area contributed by atoms with Crippen LogP contribution >= 0.6 is 15.9 Å². The van der Waals surface area contributed by atoms with Crippen molar-refractivity contribution in [2.45, 2.75) is 13.1 Å². The molecule has 0 fully saturated rings. The Labute approximate surface area is 153 Å². The van der Waals surface area contributed by atoms with Crippen molar-refractivity contribution in [3.63, 3.8) is 0 Å². The third-order valence-electron chi connectivity index (χ3n) is 3.73. The molecule has 0 saturated carbocycles. The quantitative estimate of drug-likeness (QED) is 0.635. The zero-order valence-corrected chi connectivity index (χ0v) is 15.0. The zero-order valence-electron chi connectivity index (χ0n) is 13.4. The standard InChI is InChI=1S/C19H17BrFN3O/c20-15-6-3-7-16(11-15)23-19(25)22-12-17-8-4-10-24(17)13-14-5-1-2-9-18(14)21/h1-11H,12-13H2,(H2,22,23,25). The number of halogens is 2. The zero-order chi connectivity index (χ0) is 17.6. The Hall–Kier alpha value is -2.60. The highest BCUT2D eigenvalue weighted by molar-refractivity contribution is 9.10. The summed E-state index contributed by atoms with van der Waals surface area (Å²) in [5.74, 6) is -0.234. The summed E-state index contributed by atoms with van der Waals surface area (Å²) < 4.78 is 16.6. The molecule has 3 rings (SSSR count). The number of rotatable bonds is 5. The number of nitrogens with zero attached hydrogens (tertiary/aromatic N) is 1. The Morgan fingerprint density at radius 1 is 1.08 bits per heavy atom. The van der Waals surface area contributed by atoms with Crippen LogP contribution in [-0.4, -0.2) is 10.6 Å². The number of carbonyl (C=O) groups excluding carboxylic acids is 1. The molecule has 0 aliphatic carbocycles. The van der Waals surface area contributed by atoms with Crippen LogP contribution in [0.4, 0.5) is 14.9 Å². The molecule has 2 N–H and O–H groups in total. The number of aromatic nitrogens is 1. The van der Waals surface area contributed by atoms with Crippen LogP contribution in [0, 0.1) is 5.82 Å². The minimum absolute atomic E-state index is 0.234. The van der Waals surface area contributed by atoms with E-state index in [4.69, 9.17) is 0 Å². The lowest BCUT2D eigenvalue weighted by Gasteiger charge is -2.12. The lowest BCUT2D eigenvalue weighted by molar-refractivity contribution is 0.251. The Bertz CT molecular complexity index is 878. The normalized spacial score (nSPS) is 10.5. The van der Waals surface area contributed by atoms with E-state index in [0.717, 1.165) is 10.2 Å². The van der Waals surface area contributed by atoms with E-state index in [0.29, 0.717) is 24.3 Å². The van der Waals surface area contributed by atoms with E-state index < -0.39 is 0 Å². The first-order valence-corrected chi connectivity index (χ1v) is 8.59. The van der Waals surface area contributed by atoms with Crippen molar-refractivity contribution in [3.8, 4) is 0 Å². The second-order valence-electron chi connectivity index (χ2n) is 5.54. The highest BCUT2D eigenvalue weighted by atomic mass is 79.9. The number of carbonyl (C=O) groups is 1. The fourth-order valence-electron chi connectivity index (χ4n) is 2.49. The average Bonchev–Trinajstić information content (AvgIpc) is 3.02. The van der Waals surface area contributed by atoms with Gasteiger partial charge in [0.2, 0.25) is 0 Å². The largest absolute Gasteiger partial charge is 0.345 e. The van der Waals surface area contributed by atoms with Crippen LogP contribution in [0.25, 0.3) is 0 Å². The Balaban J connectivity index is 1.60. The molecule has 0 saturated heterocycles.